The maximum Gasteiger partial charge on any atom is 0.208 e. The van der Waals surface area contributed by atoms with E-state index in [0.717, 1.165) is 0 Å². The number of hydrogen-bond donors (Lipinski definition) is 19. The molecule has 19 N–H and O–H groups in total. The Morgan fingerprint density at radius 2 is 0.515 bits per heavy atom. The first kappa shape index (κ1) is 43.2. The summed E-state index contributed by atoms with van der Waals surface area (Å²) in [6.07, 6.45) is 0. The average Bonchev–Trinajstić information content (AvgIpc) is 3.75. The van der Waals surface area contributed by atoms with E-state index in [2.05, 4.69) is 15.0 Å². The summed E-state index contributed by atoms with van der Waals surface area (Å²) in [6, 6.07) is 16.9. The molecule has 0 fully saturated rings. The molecule has 68 heavy (non-hydrogen) atoms. The van der Waals surface area contributed by atoms with E-state index in [0.29, 0.717) is 22.5 Å². The van der Waals surface area contributed by atoms with Gasteiger partial charge in [-0.1, -0.05) is 60.7 Å². The molecule has 0 saturated carbocycles. The molecule has 2 aromatic heterocycles. The highest BCUT2D eigenvalue weighted by atomic mass is 32.1. The lowest BCUT2D eigenvalue weighted by atomic mass is 9.86. The highest BCUT2D eigenvalue weighted by molar-refractivity contribution is 7.26. The number of hydrogen-bond acceptors (Lipinski definition) is 23. The van der Waals surface area contributed by atoms with Crippen LogP contribution in [0, 0.1) is 0 Å². The van der Waals surface area contributed by atoms with Crippen molar-refractivity contribution in [2.45, 2.75) is 0 Å². The van der Waals surface area contributed by atoms with Gasteiger partial charge in [-0.25, -0.2) is 15.0 Å². The molecule has 0 amide bonds. The molecule has 22 nitrogen and oxygen atoms in total. The zero-order chi connectivity index (χ0) is 49.1. The van der Waals surface area contributed by atoms with Gasteiger partial charge in [0.1, 0.15) is 34.3 Å². The number of aromatic nitrogens is 3. The predicted octanol–water partition coefficient (Wildman–Crippen LogP) is 6.65. The number of benzene rings is 7. The van der Waals surface area contributed by atoms with Crippen molar-refractivity contribution in [2.75, 3.05) is 0 Å². The van der Waals surface area contributed by atoms with E-state index in [1.54, 1.807) is 60.7 Å². The Morgan fingerprint density at radius 3 is 0.912 bits per heavy atom. The standard InChI is InChI=1S/C45H29N3O19S/c49-22-13(23(50)15(18-28(55)36(63)39(66)37(64)29(18)56)24(51)14(22)17-26(53)34(61)38(65)35(62)27(17)54)16-25(52)19-20-31(58)32(59)21(33(60)41(20)68-42(19)40(67)30(16)57)45-47-43(11-7-3-1-4-8-11)46-44(48-45)12-9-5-2-6-10-12/h1-10,49-67H. The van der Waals surface area contributed by atoms with Crippen LogP contribution in [-0.2, 0) is 0 Å². The number of fused-ring (bicyclic) bond motifs is 3. The van der Waals surface area contributed by atoms with Crippen LogP contribution in [0.15, 0.2) is 60.7 Å². The summed E-state index contributed by atoms with van der Waals surface area (Å²) < 4.78 is -1.01. The largest absolute Gasteiger partial charge is 0.506 e. The normalized spacial score (nSPS) is 11.5. The first-order chi connectivity index (χ1) is 32.2. The highest BCUT2D eigenvalue weighted by Crippen LogP contribution is 2.68. The SMILES string of the molecule is Oc1c(O)c(O)c(-c2c(O)c(-c3c(O)c(O)c(O)c(O)c3O)c(O)c(-c3c(O)c(O)c4sc5c(O)c(-c6nc(-c7ccccc7)nc(-c7ccccc7)n6)c(O)c(O)c5c4c3O)c2O)c(O)c1O. The summed E-state index contributed by atoms with van der Waals surface area (Å²) in [6.45, 7) is 0. The van der Waals surface area contributed by atoms with Gasteiger partial charge in [0.25, 0.3) is 0 Å². The summed E-state index contributed by atoms with van der Waals surface area (Å²) in [5, 5.41) is 211. The monoisotopic (exact) mass is 947 g/mol. The number of phenolic OH excluding ortho intramolecular Hbond substituents is 19. The van der Waals surface area contributed by atoms with Crippen LogP contribution in [0.25, 0.3) is 87.7 Å². The minimum atomic E-state index is -1.71. The number of rotatable bonds is 6. The summed E-state index contributed by atoms with van der Waals surface area (Å²) in [5.41, 5.74) is -8.24. The smallest absolute Gasteiger partial charge is 0.208 e. The third kappa shape index (κ3) is 5.85. The topological polar surface area (TPSA) is 423 Å². The number of thiophene rings is 1. The van der Waals surface area contributed by atoms with Gasteiger partial charge >= 0.3 is 0 Å². The van der Waals surface area contributed by atoms with Crippen molar-refractivity contribution in [3.63, 3.8) is 0 Å². The van der Waals surface area contributed by atoms with Crippen LogP contribution in [0.1, 0.15) is 0 Å². The summed E-state index contributed by atoms with van der Waals surface area (Å²) in [4.78, 5) is 13.4. The molecule has 0 bridgehead atoms. The van der Waals surface area contributed by atoms with Gasteiger partial charge in [0.2, 0.25) is 34.5 Å². The summed E-state index contributed by atoms with van der Waals surface area (Å²) in [5.74, 6) is -28.8. The lowest BCUT2D eigenvalue weighted by Crippen LogP contribution is -2.00. The van der Waals surface area contributed by atoms with E-state index >= 15 is 0 Å². The number of aromatic hydroxyl groups is 19. The van der Waals surface area contributed by atoms with Crippen LogP contribution >= 0.6 is 11.3 Å². The molecular formula is C45H29N3O19S. The van der Waals surface area contributed by atoms with Crippen LogP contribution in [0.4, 0.5) is 0 Å². The molecule has 0 radical (unpaired) electrons. The van der Waals surface area contributed by atoms with Gasteiger partial charge in [0.15, 0.2) is 63.5 Å². The molecule has 9 rings (SSSR count). The molecule has 0 aliphatic heterocycles. The van der Waals surface area contributed by atoms with Crippen molar-refractivity contribution >= 4 is 31.5 Å². The van der Waals surface area contributed by atoms with E-state index < -0.39 is 174 Å². The molecule has 0 saturated heterocycles. The first-order valence-electron chi connectivity index (χ1n) is 19.1. The van der Waals surface area contributed by atoms with Gasteiger partial charge in [0, 0.05) is 11.1 Å². The Hall–Kier alpha value is -10.0. The van der Waals surface area contributed by atoms with Gasteiger partial charge in [-0.3, -0.25) is 0 Å². The summed E-state index contributed by atoms with van der Waals surface area (Å²) >= 11 is 0.390. The molecular weight excluding hydrogens is 919 g/mol. The zero-order valence-electron chi connectivity index (χ0n) is 33.5. The third-order valence-corrected chi connectivity index (χ3v) is 12.2. The van der Waals surface area contributed by atoms with Crippen molar-refractivity contribution in [2.24, 2.45) is 0 Å². The highest BCUT2D eigenvalue weighted by Gasteiger charge is 2.39. The molecule has 2 heterocycles. The second kappa shape index (κ2) is 15.0. The minimum Gasteiger partial charge on any atom is -0.506 e. The molecule has 344 valence electrons. The van der Waals surface area contributed by atoms with E-state index in [-0.39, 0.29) is 11.6 Å². The second-order valence-electron chi connectivity index (χ2n) is 14.8. The van der Waals surface area contributed by atoms with Crippen LogP contribution in [0.5, 0.6) is 109 Å². The molecule has 0 aliphatic carbocycles. The van der Waals surface area contributed by atoms with Crippen molar-refractivity contribution in [3.05, 3.63) is 60.7 Å². The predicted molar refractivity (Wildman–Crippen MR) is 237 cm³/mol. The van der Waals surface area contributed by atoms with Crippen LogP contribution < -0.4 is 0 Å². The van der Waals surface area contributed by atoms with Crippen LogP contribution in [0.2, 0.25) is 0 Å². The van der Waals surface area contributed by atoms with E-state index in [4.69, 9.17) is 0 Å². The van der Waals surface area contributed by atoms with Crippen molar-refractivity contribution in [1.82, 2.24) is 15.0 Å². The summed E-state index contributed by atoms with van der Waals surface area (Å²) in [7, 11) is 0. The molecule has 0 unspecified atom stereocenters. The van der Waals surface area contributed by atoms with E-state index in [9.17, 15) is 97.0 Å². The van der Waals surface area contributed by atoms with Crippen LogP contribution in [-0.4, -0.2) is 112 Å². The van der Waals surface area contributed by atoms with Crippen molar-refractivity contribution in [3.8, 4) is 177 Å². The van der Waals surface area contributed by atoms with Crippen molar-refractivity contribution in [1.29, 1.82) is 0 Å². The van der Waals surface area contributed by atoms with Gasteiger partial charge in [-0.05, 0) is 0 Å². The average molecular weight is 948 g/mol. The molecule has 7 aromatic carbocycles. The molecule has 9 aromatic rings. The van der Waals surface area contributed by atoms with Gasteiger partial charge in [-0.15, -0.1) is 11.3 Å². The van der Waals surface area contributed by atoms with Crippen LogP contribution in [0.3, 0.4) is 0 Å². The Balaban J connectivity index is 1.40. The quantitative estimate of drug-likeness (QED) is 0.0612. The van der Waals surface area contributed by atoms with Gasteiger partial charge in [0.05, 0.1) is 53.6 Å². The van der Waals surface area contributed by atoms with Gasteiger partial charge in [-0.2, -0.15) is 0 Å². The third-order valence-electron chi connectivity index (χ3n) is 11.0. The fourth-order valence-corrected chi connectivity index (χ4v) is 8.98. The Morgan fingerprint density at radius 1 is 0.235 bits per heavy atom. The van der Waals surface area contributed by atoms with E-state index in [1.165, 1.54) is 0 Å². The minimum absolute atomic E-state index is 0.0556. The fraction of sp³-hybridized carbons (Fsp3) is 0. The maximum absolute atomic E-state index is 12.1. The van der Waals surface area contributed by atoms with Crippen molar-refractivity contribution < 1.29 is 97.0 Å². The molecule has 0 atom stereocenters. The first-order valence-corrected chi connectivity index (χ1v) is 19.9. The van der Waals surface area contributed by atoms with Gasteiger partial charge < -0.3 is 97.0 Å². The Labute approximate surface area is 380 Å². The molecule has 23 heteroatoms. The number of nitrogens with zero attached hydrogens (tertiary/aromatic N) is 3. The maximum atomic E-state index is 12.1. The molecule has 0 aliphatic rings. The van der Waals surface area contributed by atoms with E-state index in [1.807, 2.05) is 0 Å². The lowest BCUT2D eigenvalue weighted by molar-refractivity contribution is 0.329. The zero-order valence-corrected chi connectivity index (χ0v) is 34.3. The second-order valence-corrected chi connectivity index (χ2v) is 15.8. The molecule has 0 spiro atoms. The fourth-order valence-electron chi connectivity index (χ4n) is 7.78. The Bertz CT molecular complexity index is 3460. The Kier molecular flexibility index (Phi) is 9.56. The number of phenols is 19. The lowest BCUT2D eigenvalue weighted by Gasteiger charge is -2.23.